The van der Waals surface area contributed by atoms with Crippen molar-refractivity contribution in [1.82, 2.24) is 86.2 Å². The highest BCUT2D eigenvalue weighted by atomic mass is 31.2. The number of aromatic amines is 2. The van der Waals surface area contributed by atoms with E-state index < -0.39 is 121 Å². The lowest BCUT2D eigenvalue weighted by atomic mass is 10.3. The van der Waals surface area contributed by atoms with Gasteiger partial charge in [-0.2, -0.15) is 15.0 Å². The lowest BCUT2D eigenvalue weighted by molar-refractivity contribution is -0.130. The van der Waals surface area contributed by atoms with Gasteiger partial charge in [0.05, 0.1) is 76.8 Å². The van der Waals surface area contributed by atoms with Gasteiger partial charge in [-0.1, -0.05) is 0 Å². The van der Waals surface area contributed by atoms with Crippen molar-refractivity contribution in [1.29, 1.82) is 0 Å². The monoisotopic (exact) mass is 1330 g/mol. The second-order valence-corrected chi connectivity index (χ2v) is 32.8. The first kappa shape index (κ1) is 67.9. The van der Waals surface area contributed by atoms with Crippen molar-refractivity contribution >= 4 is 59.3 Å². The van der Waals surface area contributed by atoms with Gasteiger partial charge in [-0.25, -0.2) is 52.1 Å². The van der Waals surface area contributed by atoms with Gasteiger partial charge < -0.3 is 59.6 Å². The molecule has 4 saturated heterocycles. The van der Waals surface area contributed by atoms with Gasteiger partial charge in [-0.05, 0) is 75.4 Å². The first-order chi connectivity index (χ1) is 41.9. The molecule has 38 nitrogen and oxygen atoms in total. The minimum Gasteiger partial charge on any atom is -0.383 e. The van der Waals surface area contributed by atoms with Crippen LogP contribution in [0.1, 0.15) is 30.5 Å². The van der Waals surface area contributed by atoms with E-state index >= 15 is 13.7 Å². The van der Waals surface area contributed by atoms with Gasteiger partial charge in [0, 0.05) is 63.5 Å². The van der Waals surface area contributed by atoms with Crippen molar-refractivity contribution in [2.45, 2.75) is 56.3 Å². The van der Waals surface area contributed by atoms with Crippen LogP contribution in [0.25, 0.3) is 11.2 Å². The minimum absolute atomic E-state index is 0.00554. The van der Waals surface area contributed by atoms with Crippen molar-refractivity contribution in [3.05, 3.63) is 94.8 Å². The first-order valence-corrected chi connectivity index (χ1v) is 34.5. The highest BCUT2D eigenvalue weighted by molar-refractivity contribution is 7.55. The van der Waals surface area contributed by atoms with Gasteiger partial charge in [-0.3, -0.25) is 56.1 Å². The molecule has 0 amide bonds. The quantitative estimate of drug-likeness (QED) is 0.0418. The number of aromatic nitrogens is 10. The molecule has 9 rings (SSSR count). The highest BCUT2D eigenvalue weighted by Crippen LogP contribution is 2.58. The third kappa shape index (κ3) is 14.9. The van der Waals surface area contributed by atoms with Crippen LogP contribution in [0.4, 0.5) is 17.6 Å². The summed E-state index contributed by atoms with van der Waals surface area (Å²) in [6, 6.07) is 2.85. The second-order valence-electron chi connectivity index (χ2n) is 22.3. The summed E-state index contributed by atoms with van der Waals surface area (Å²) in [6.07, 6.45) is -2.88. The normalized spacial score (nSPS) is 26.4. The Morgan fingerprint density at radius 2 is 0.989 bits per heavy atom. The summed E-state index contributed by atoms with van der Waals surface area (Å²) in [6.45, 7) is 0.745. The molecule has 0 radical (unpaired) electrons. The van der Waals surface area contributed by atoms with Crippen molar-refractivity contribution in [2.24, 2.45) is 0 Å². The Morgan fingerprint density at radius 3 is 1.46 bits per heavy atom. The molecule has 4 fully saturated rings. The van der Waals surface area contributed by atoms with Crippen LogP contribution < -0.4 is 50.7 Å². The number of aryl methyl sites for hydroxylation is 1. The average molecular weight is 1330 g/mol. The van der Waals surface area contributed by atoms with Crippen molar-refractivity contribution in [2.75, 3.05) is 159 Å². The number of H-pyrrole nitrogens is 2. The number of nitrogens with two attached hydrogens (primary N) is 3. The number of nitrogen functional groups attached to an aromatic ring is 3. The van der Waals surface area contributed by atoms with E-state index in [0.29, 0.717) is 0 Å². The minimum atomic E-state index is -4.33. The standard InChI is InChI=1S/C47H77N21O17P4/c1-29-17-67(47(73)57-42(29)69)38-22-63(18-31(84-38)25-78-86(10,74)58(2)3)88(76,60(6)7)81-27-33-20-64(23-39(85-33)68-28-52-40-41(68)55-44(50)56-43(40)70)89(77,61(8)9)80-26-32-19-62(21-37(83-32)66-14-12-35(49)54-46(66)72)87(75,59(4)5)79-24-30-15-51-16-36(82-30)65-13-11-34(48)53-45(65)71/h11-14,17,28,30-33,36-39,51H,15-16,18-27H2,1-10H3,(H2,48,53,71)(H2,49,54,72)(H,57,69,73)(H3,50,55,56,70)/t30-,31-,32-,33-,36+,37+,38+,39+,86?,87?,88?,89?/m0/s1. The van der Waals surface area contributed by atoms with Gasteiger partial charge in [0.1, 0.15) is 17.9 Å². The van der Waals surface area contributed by atoms with Crippen LogP contribution in [0.5, 0.6) is 0 Å². The predicted molar refractivity (Wildman–Crippen MR) is 323 cm³/mol. The third-order valence-electron chi connectivity index (χ3n) is 15.1. The number of hydrogen-bond acceptors (Lipinski definition) is 25. The smallest absolute Gasteiger partial charge is 0.351 e. The van der Waals surface area contributed by atoms with E-state index in [0.717, 1.165) is 9.13 Å². The fourth-order valence-electron chi connectivity index (χ4n) is 10.2. The van der Waals surface area contributed by atoms with E-state index in [9.17, 15) is 28.5 Å². The second kappa shape index (κ2) is 27.4. The number of rotatable bonds is 23. The maximum Gasteiger partial charge on any atom is 0.351 e. The molecule has 5 aromatic heterocycles. The van der Waals surface area contributed by atoms with Crippen LogP contribution in [0.3, 0.4) is 0 Å². The molecule has 89 heavy (non-hydrogen) atoms. The van der Waals surface area contributed by atoms with Crippen LogP contribution >= 0.6 is 30.5 Å². The molecule has 9 heterocycles. The molecule has 0 bridgehead atoms. The van der Waals surface area contributed by atoms with Crippen molar-refractivity contribution in [3.8, 4) is 0 Å². The summed E-state index contributed by atoms with van der Waals surface area (Å²) in [7, 11) is -3.71. The van der Waals surface area contributed by atoms with E-state index in [4.69, 9.17) is 54.2 Å². The lowest BCUT2D eigenvalue weighted by Gasteiger charge is -2.45. The Morgan fingerprint density at radius 1 is 0.551 bits per heavy atom. The van der Waals surface area contributed by atoms with Crippen molar-refractivity contribution in [3.63, 3.8) is 0 Å². The summed E-state index contributed by atoms with van der Waals surface area (Å²) in [5.74, 6) is -0.261. The number of nitrogens with one attached hydrogen (secondary N) is 3. The van der Waals surface area contributed by atoms with Crippen LogP contribution in [0, 0.1) is 6.92 Å². The number of nitrogens with zero attached hydrogens (tertiary/aromatic N) is 15. The summed E-state index contributed by atoms with van der Waals surface area (Å²) in [5.41, 5.74) is 14.2. The number of imidazole rings is 1. The maximum absolute atomic E-state index is 16.0. The number of anilines is 3. The molecule has 492 valence electrons. The molecule has 12 atom stereocenters. The van der Waals surface area contributed by atoms with Gasteiger partial charge in [0.25, 0.3) is 18.6 Å². The molecule has 0 saturated carbocycles. The summed E-state index contributed by atoms with van der Waals surface area (Å²) >= 11 is 0. The number of hydrogen-bond donors (Lipinski definition) is 6. The van der Waals surface area contributed by atoms with Crippen LogP contribution in [-0.2, 0) is 55.3 Å². The SMILES string of the molecule is Cc1cn([C@H]2CN(P(=O)(OC[C@@H]3CN(P(=O)(OC[C@@H]4CN(P(=O)(OC[C@@H]5CNC[C@H](n6ccc(N)nc6=O)O5)N(C)C)C[C@H](n5ccc(N)nc5=O)O4)N(C)C)C[C@H](n4cnc5c(=O)[nH]c(N)nc54)O3)N(C)C)C[C@@H](COP(C)(=O)N(C)C)O2)c(=O)[nH]c1=O. The molecular formula is C47H77N21O17P4. The van der Waals surface area contributed by atoms with E-state index in [2.05, 4.69) is 35.2 Å². The molecule has 0 spiro atoms. The number of fused-ring (bicyclic) bond motifs is 1. The molecular weight excluding hydrogens is 1250 g/mol. The van der Waals surface area contributed by atoms with Crippen molar-refractivity contribution < 1.29 is 55.3 Å². The van der Waals surface area contributed by atoms with E-state index in [1.165, 1.54) is 121 Å². The van der Waals surface area contributed by atoms with Gasteiger partial charge >= 0.3 is 40.1 Å². The zero-order valence-corrected chi connectivity index (χ0v) is 54.3. The van der Waals surface area contributed by atoms with Gasteiger partial charge in [0.15, 0.2) is 29.8 Å². The topological polar surface area (TPSA) is 443 Å². The van der Waals surface area contributed by atoms with Gasteiger partial charge in [-0.15, -0.1) is 0 Å². The Labute approximate surface area is 509 Å². The average Bonchev–Trinajstić information content (AvgIpc) is 1.99. The Hall–Kier alpha value is -5.53. The molecule has 42 heteroatoms. The zero-order valence-electron chi connectivity index (χ0n) is 50.7. The fraction of sp³-hybridized carbons (Fsp3) is 0.638. The predicted octanol–water partition coefficient (Wildman–Crippen LogP) is -1.22. The number of ether oxygens (including phenoxy) is 4. The molecule has 0 aliphatic carbocycles. The fourth-order valence-corrected chi connectivity index (χ4v) is 16.8. The highest BCUT2D eigenvalue weighted by Gasteiger charge is 2.49. The Bertz CT molecular complexity index is 3880. The van der Waals surface area contributed by atoms with E-state index in [-0.39, 0.29) is 99.9 Å². The Kier molecular flexibility index (Phi) is 20.9. The van der Waals surface area contributed by atoms with E-state index in [1.54, 1.807) is 28.2 Å². The largest absolute Gasteiger partial charge is 0.383 e. The maximum atomic E-state index is 16.0. The van der Waals surface area contributed by atoms with Crippen LogP contribution in [0.2, 0.25) is 0 Å². The molecule has 4 aliphatic heterocycles. The van der Waals surface area contributed by atoms with Crippen LogP contribution in [-0.4, -0.2) is 247 Å². The Balaban J connectivity index is 1.00. The number of morpholine rings is 4. The molecule has 0 aromatic carbocycles. The molecule has 4 aliphatic rings. The van der Waals surface area contributed by atoms with Gasteiger partial charge in [0.2, 0.25) is 5.95 Å². The lowest BCUT2D eigenvalue weighted by Crippen LogP contribution is -2.51. The molecule has 5 aromatic rings. The summed E-state index contributed by atoms with van der Waals surface area (Å²) in [4.78, 5) is 86.1. The zero-order chi connectivity index (χ0) is 64.7. The first-order valence-electron chi connectivity index (χ1n) is 27.9. The molecule has 9 N–H and O–H groups in total. The van der Waals surface area contributed by atoms with Crippen LogP contribution in [0.15, 0.2) is 61.0 Å². The van der Waals surface area contributed by atoms with E-state index in [1.807, 2.05) is 0 Å². The third-order valence-corrected chi connectivity index (χ3v) is 24.8. The summed E-state index contributed by atoms with van der Waals surface area (Å²) in [5, 5.41) is 3.20. The molecule has 4 unspecified atom stereocenters. The summed E-state index contributed by atoms with van der Waals surface area (Å²) < 4.78 is 126.